The Hall–Kier alpha value is -1.94. The predicted octanol–water partition coefficient (Wildman–Crippen LogP) is 29.5. The van der Waals surface area contributed by atoms with E-state index in [-0.39, 0.29) is 25.7 Å². The number of phosphoric ester groups is 2. The molecule has 0 spiro atoms. The average molecular weight is 1650 g/mol. The van der Waals surface area contributed by atoms with Gasteiger partial charge in [-0.2, -0.15) is 0 Å². The van der Waals surface area contributed by atoms with Gasteiger partial charge in [0.2, 0.25) is 0 Å². The van der Waals surface area contributed by atoms with Crippen LogP contribution in [0.25, 0.3) is 0 Å². The summed E-state index contributed by atoms with van der Waals surface area (Å²) in [6.45, 7) is 7.43. The van der Waals surface area contributed by atoms with Gasteiger partial charge in [0, 0.05) is 25.7 Å². The van der Waals surface area contributed by atoms with E-state index < -0.39 is 97.5 Å². The van der Waals surface area contributed by atoms with Crippen LogP contribution >= 0.6 is 15.6 Å². The Bertz CT molecular complexity index is 2140. The molecule has 0 saturated carbocycles. The molecule has 0 aromatic carbocycles. The minimum Gasteiger partial charge on any atom is -0.462 e. The Labute approximate surface area is 696 Å². The summed E-state index contributed by atoms with van der Waals surface area (Å²) in [5.41, 5.74) is 0. The molecule has 0 aliphatic carbocycles. The molecule has 0 aliphatic heterocycles. The number of carbonyl (C=O) groups is 4. The number of ether oxygens (including phenoxy) is 4. The average Bonchev–Trinajstić information content (AvgIpc) is 0.837. The highest BCUT2D eigenvalue weighted by atomic mass is 31.2. The number of carbonyl (C=O) groups excluding carboxylic acids is 4. The van der Waals surface area contributed by atoms with Crippen molar-refractivity contribution in [2.75, 3.05) is 39.6 Å². The van der Waals surface area contributed by atoms with Crippen LogP contribution < -0.4 is 0 Å². The van der Waals surface area contributed by atoms with Crippen LogP contribution in [0.5, 0.6) is 0 Å². The largest absolute Gasteiger partial charge is 0.472 e. The van der Waals surface area contributed by atoms with E-state index in [1.54, 1.807) is 0 Å². The van der Waals surface area contributed by atoms with Crippen LogP contribution in [0.4, 0.5) is 0 Å². The number of aliphatic hydroxyl groups excluding tert-OH is 1. The normalized spacial score (nSPS) is 13.6. The second-order valence-corrected chi connectivity index (χ2v) is 37.1. The van der Waals surface area contributed by atoms with Gasteiger partial charge in [0.25, 0.3) is 0 Å². The number of hydrogen-bond donors (Lipinski definition) is 3. The Morgan fingerprint density at radius 3 is 0.602 bits per heavy atom. The third-order valence-electron chi connectivity index (χ3n) is 22.3. The van der Waals surface area contributed by atoms with Gasteiger partial charge < -0.3 is 33.8 Å². The number of esters is 4. The maximum atomic E-state index is 13.2. The molecular formula is C94H184O17P2. The zero-order chi connectivity index (χ0) is 82.6. The molecule has 3 N–H and O–H groups in total. The molecule has 0 rings (SSSR count). The summed E-state index contributed by atoms with van der Waals surface area (Å²) in [7, 11) is -9.94. The second-order valence-electron chi connectivity index (χ2n) is 34.2. The molecular weight excluding hydrogens is 1460 g/mol. The molecule has 672 valence electrons. The molecule has 0 fully saturated rings. The molecule has 0 saturated heterocycles. The van der Waals surface area contributed by atoms with E-state index >= 15 is 0 Å². The first-order chi connectivity index (χ1) is 55.0. The minimum atomic E-state index is -4.97. The lowest BCUT2D eigenvalue weighted by Crippen LogP contribution is -2.30. The molecule has 0 heterocycles. The van der Waals surface area contributed by atoms with Gasteiger partial charge in [-0.05, 0) is 31.6 Å². The van der Waals surface area contributed by atoms with E-state index in [0.717, 1.165) is 95.8 Å². The second kappa shape index (κ2) is 86.4. The third-order valence-corrected chi connectivity index (χ3v) is 24.2. The van der Waals surface area contributed by atoms with Crippen LogP contribution in [0.15, 0.2) is 0 Å². The monoisotopic (exact) mass is 1650 g/mol. The first-order valence-corrected chi connectivity index (χ1v) is 51.6. The van der Waals surface area contributed by atoms with Crippen LogP contribution in [0, 0.1) is 5.92 Å². The standard InChI is InChI=1S/C94H184O17P2/c1-6-9-12-15-18-21-24-27-29-31-33-35-37-39-41-43-48-53-58-63-68-73-78-92(97)105-84-90(110-93(98)79-74-69-64-59-54-49-44-42-40-38-36-34-32-30-28-25-22-19-16-13-10-7-2)86-109-113(102,103)107-82-88(95)81-106-112(100,101)108-85-89(83-104-91(96)77-72-67-62-57-52-46-26-23-20-17-14-11-8-3)111-94(99)80-75-70-65-60-55-50-45-47-51-56-61-66-71-76-87(4)5/h87-90,95H,6-86H2,1-5H3,(H,100,101)(H,102,103)/t88-,89+,90+/m0/s1. The molecule has 19 heteroatoms. The Morgan fingerprint density at radius 1 is 0.239 bits per heavy atom. The topological polar surface area (TPSA) is 237 Å². The van der Waals surface area contributed by atoms with Gasteiger partial charge in [0.05, 0.1) is 26.4 Å². The van der Waals surface area contributed by atoms with Crippen molar-refractivity contribution in [2.24, 2.45) is 5.92 Å². The number of phosphoric acid groups is 2. The summed E-state index contributed by atoms with van der Waals surface area (Å²) in [5, 5.41) is 10.7. The lowest BCUT2D eigenvalue weighted by Gasteiger charge is -2.21. The first-order valence-electron chi connectivity index (χ1n) is 48.6. The molecule has 0 radical (unpaired) electrons. The van der Waals surface area contributed by atoms with E-state index in [1.807, 2.05) is 0 Å². The summed E-state index contributed by atoms with van der Waals surface area (Å²) in [5.74, 6) is -1.30. The van der Waals surface area contributed by atoms with Crippen molar-refractivity contribution >= 4 is 39.5 Å². The van der Waals surface area contributed by atoms with Gasteiger partial charge >= 0.3 is 39.5 Å². The Morgan fingerprint density at radius 2 is 0.407 bits per heavy atom. The zero-order valence-electron chi connectivity index (χ0n) is 74.5. The molecule has 17 nitrogen and oxygen atoms in total. The van der Waals surface area contributed by atoms with Crippen molar-refractivity contribution in [2.45, 2.75) is 534 Å². The van der Waals surface area contributed by atoms with Crippen molar-refractivity contribution in [1.82, 2.24) is 0 Å². The summed E-state index contributed by atoms with van der Waals surface area (Å²) < 4.78 is 69.2. The summed E-state index contributed by atoms with van der Waals surface area (Å²) in [6, 6.07) is 0. The first kappa shape index (κ1) is 111. The molecule has 0 amide bonds. The number of rotatable bonds is 94. The van der Waals surface area contributed by atoms with Gasteiger partial charge in [0.1, 0.15) is 19.3 Å². The Balaban J connectivity index is 5.24. The van der Waals surface area contributed by atoms with Crippen LogP contribution in [-0.4, -0.2) is 96.7 Å². The lowest BCUT2D eigenvalue weighted by molar-refractivity contribution is -0.161. The van der Waals surface area contributed by atoms with E-state index in [2.05, 4.69) is 34.6 Å². The van der Waals surface area contributed by atoms with Crippen molar-refractivity contribution in [3.8, 4) is 0 Å². The van der Waals surface area contributed by atoms with E-state index in [9.17, 15) is 43.2 Å². The third kappa shape index (κ3) is 87.7. The highest BCUT2D eigenvalue weighted by molar-refractivity contribution is 7.47. The minimum absolute atomic E-state index is 0.108. The predicted molar refractivity (Wildman–Crippen MR) is 469 cm³/mol. The number of hydrogen-bond acceptors (Lipinski definition) is 15. The quantitative estimate of drug-likeness (QED) is 0.0222. The Kier molecular flexibility index (Phi) is 85.0. The summed E-state index contributed by atoms with van der Waals surface area (Å²) in [6.07, 6.45) is 83.5. The zero-order valence-corrected chi connectivity index (χ0v) is 76.3. The highest BCUT2D eigenvalue weighted by Gasteiger charge is 2.31. The van der Waals surface area contributed by atoms with Crippen molar-refractivity contribution in [1.29, 1.82) is 0 Å². The molecule has 0 aromatic rings. The molecule has 2 unspecified atom stereocenters. The molecule has 113 heavy (non-hydrogen) atoms. The van der Waals surface area contributed by atoms with Gasteiger partial charge in [-0.15, -0.1) is 0 Å². The van der Waals surface area contributed by atoms with E-state index in [1.165, 1.54) is 340 Å². The molecule has 0 bridgehead atoms. The smallest absolute Gasteiger partial charge is 0.462 e. The fourth-order valence-electron chi connectivity index (χ4n) is 14.9. The van der Waals surface area contributed by atoms with Crippen LogP contribution in [0.1, 0.15) is 516 Å². The maximum absolute atomic E-state index is 13.2. The van der Waals surface area contributed by atoms with Crippen molar-refractivity contribution < 1.29 is 80.2 Å². The SMILES string of the molecule is CCCCCCCCCCCCCCCCCCCCCCCCC(=O)OC[C@H](COP(=O)(O)OC[C@@H](O)COP(=O)(O)OC[C@@H](COC(=O)CCCCCCCCCCCCCCC)OC(=O)CCCCCCCCCCCCCCCC(C)C)OC(=O)CCCCCCCCCCCCCCCCCCCCCCCC. The number of unbranched alkanes of at least 4 members (excludes halogenated alkanes) is 66. The summed E-state index contributed by atoms with van der Waals surface area (Å²) in [4.78, 5) is 73.5. The van der Waals surface area contributed by atoms with Gasteiger partial charge in [-0.1, -0.05) is 465 Å². The number of aliphatic hydroxyl groups is 1. The molecule has 0 aromatic heterocycles. The molecule has 5 atom stereocenters. The van der Waals surface area contributed by atoms with Crippen LogP contribution in [0.3, 0.4) is 0 Å². The van der Waals surface area contributed by atoms with Crippen LogP contribution in [-0.2, 0) is 65.4 Å². The van der Waals surface area contributed by atoms with Crippen LogP contribution in [0.2, 0.25) is 0 Å². The van der Waals surface area contributed by atoms with Gasteiger partial charge in [0.15, 0.2) is 12.2 Å². The van der Waals surface area contributed by atoms with Crippen molar-refractivity contribution in [3.63, 3.8) is 0 Å². The van der Waals surface area contributed by atoms with Crippen molar-refractivity contribution in [3.05, 3.63) is 0 Å². The highest BCUT2D eigenvalue weighted by Crippen LogP contribution is 2.45. The maximum Gasteiger partial charge on any atom is 0.472 e. The fraction of sp³-hybridized carbons (Fsp3) is 0.957. The van der Waals surface area contributed by atoms with E-state index in [0.29, 0.717) is 25.7 Å². The molecule has 0 aliphatic rings. The fourth-order valence-corrected chi connectivity index (χ4v) is 16.5. The van der Waals surface area contributed by atoms with Gasteiger partial charge in [-0.3, -0.25) is 37.3 Å². The van der Waals surface area contributed by atoms with E-state index in [4.69, 9.17) is 37.0 Å². The van der Waals surface area contributed by atoms with Gasteiger partial charge in [-0.25, -0.2) is 9.13 Å². The summed E-state index contributed by atoms with van der Waals surface area (Å²) >= 11 is 0. The lowest BCUT2D eigenvalue weighted by atomic mass is 10.0.